The third kappa shape index (κ3) is 6.06. The van der Waals surface area contributed by atoms with Crippen molar-refractivity contribution in [1.82, 2.24) is 20.4 Å². The summed E-state index contributed by atoms with van der Waals surface area (Å²) in [6, 6.07) is 1.04. The molecular weight excluding hydrogens is 350 g/mol. The van der Waals surface area contributed by atoms with Gasteiger partial charge in [-0.1, -0.05) is 13.8 Å². The van der Waals surface area contributed by atoms with Crippen LogP contribution >= 0.6 is 0 Å². The van der Waals surface area contributed by atoms with Crippen LogP contribution in [-0.2, 0) is 14.3 Å². The van der Waals surface area contributed by atoms with E-state index in [1.807, 2.05) is 18.7 Å². The molecule has 0 aliphatic carbocycles. The van der Waals surface area contributed by atoms with Gasteiger partial charge in [-0.3, -0.25) is 19.6 Å². The number of ether oxygens (including phenoxy) is 1. The lowest BCUT2D eigenvalue weighted by Gasteiger charge is -2.32. The summed E-state index contributed by atoms with van der Waals surface area (Å²) >= 11 is 0. The second-order valence-corrected chi connectivity index (χ2v) is 7.42. The van der Waals surface area contributed by atoms with Crippen molar-refractivity contribution in [2.75, 3.05) is 26.7 Å². The molecule has 9 nitrogen and oxygen atoms in total. The molecule has 1 aliphatic heterocycles. The molecule has 150 valence electrons. The maximum absolute atomic E-state index is 12.4. The minimum atomic E-state index is -0.631. The van der Waals surface area contributed by atoms with Gasteiger partial charge in [0, 0.05) is 18.2 Å². The van der Waals surface area contributed by atoms with E-state index >= 15 is 0 Å². The van der Waals surface area contributed by atoms with E-state index in [9.17, 15) is 14.4 Å². The van der Waals surface area contributed by atoms with Gasteiger partial charge in [0.15, 0.2) is 0 Å². The molecule has 27 heavy (non-hydrogen) atoms. The number of carbonyl (C=O) groups is 3. The van der Waals surface area contributed by atoms with Crippen LogP contribution in [0.3, 0.4) is 0 Å². The summed E-state index contributed by atoms with van der Waals surface area (Å²) in [5.74, 6) is -0.782. The molecule has 9 heteroatoms. The number of esters is 1. The number of H-pyrrole nitrogens is 1. The summed E-state index contributed by atoms with van der Waals surface area (Å²) in [4.78, 5) is 37.5. The first-order chi connectivity index (χ1) is 12.8. The van der Waals surface area contributed by atoms with Crippen molar-refractivity contribution >= 4 is 17.8 Å². The Labute approximate surface area is 159 Å². The number of amides is 2. The van der Waals surface area contributed by atoms with E-state index < -0.39 is 17.9 Å². The minimum absolute atomic E-state index is 0.152. The van der Waals surface area contributed by atoms with Crippen LogP contribution in [0.1, 0.15) is 55.2 Å². The molecule has 0 radical (unpaired) electrons. The van der Waals surface area contributed by atoms with Crippen molar-refractivity contribution in [2.24, 2.45) is 11.7 Å². The maximum Gasteiger partial charge on any atom is 0.328 e. The summed E-state index contributed by atoms with van der Waals surface area (Å²) in [7, 11) is 1.32. The van der Waals surface area contributed by atoms with E-state index in [0.29, 0.717) is 13.0 Å². The lowest BCUT2D eigenvalue weighted by Crippen LogP contribution is -2.48. The van der Waals surface area contributed by atoms with Crippen molar-refractivity contribution in [1.29, 1.82) is 0 Å². The highest BCUT2D eigenvalue weighted by atomic mass is 16.5. The van der Waals surface area contributed by atoms with Gasteiger partial charge in [-0.05, 0) is 37.8 Å². The molecule has 2 unspecified atom stereocenters. The number of nitrogens with zero attached hydrogens (tertiary/aromatic N) is 2. The number of primary amides is 1. The SMILES string of the molecule is COC(=O)C(CC(C)C)NC(=O)CN1CCCC(c2cc(C(N)=O)n[nH]2)C1. The van der Waals surface area contributed by atoms with Gasteiger partial charge in [0.25, 0.3) is 5.91 Å². The van der Waals surface area contributed by atoms with Crippen LogP contribution in [0.2, 0.25) is 0 Å². The van der Waals surface area contributed by atoms with Gasteiger partial charge in [0.1, 0.15) is 11.7 Å². The van der Waals surface area contributed by atoms with Crippen LogP contribution in [0, 0.1) is 5.92 Å². The van der Waals surface area contributed by atoms with E-state index in [1.54, 1.807) is 6.07 Å². The number of likely N-dealkylation sites (tertiary alicyclic amines) is 1. The molecular formula is C18H29N5O4. The summed E-state index contributed by atoms with van der Waals surface area (Å²) in [6.07, 6.45) is 2.40. The van der Waals surface area contributed by atoms with Gasteiger partial charge in [-0.25, -0.2) is 4.79 Å². The Balaban J connectivity index is 1.92. The second-order valence-electron chi connectivity index (χ2n) is 7.42. The molecule has 0 spiro atoms. The Morgan fingerprint density at radius 1 is 1.44 bits per heavy atom. The fourth-order valence-corrected chi connectivity index (χ4v) is 3.40. The highest BCUT2D eigenvalue weighted by molar-refractivity contribution is 5.90. The summed E-state index contributed by atoms with van der Waals surface area (Å²) in [5.41, 5.74) is 6.31. The summed E-state index contributed by atoms with van der Waals surface area (Å²) < 4.78 is 4.78. The number of hydrogen-bond acceptors (Lipinski definition) is 6. The first-order valence-electron chi connectivity index (χ1n) is 9.24. The Morgan fingerprint density at radius 2 is 2.19 bits per heavy atom. The zero-order valence-electron chi connectivity index (χ0n) is 16.2. The van der Waals surface area contributed by atoms with E-state index in [2.05, 4.69) is 15.5 Å². The molecule has 0 aromatic carbocycles. The minimum Gasteiger partial charge on any atom is -0.467 e. The molecule has 1 aromatic heterocycles. The first-order valence-corrected chi connectivity index (χ1v) is 9.24. The van der Waals surface area contributed by atoms with Crippen LogP contribution < -0.4 is 11.1 Å². The zero-order chi connectivity index (χ0) is 20.0. The third-order valence-corrected chi connectivity index (χ3v) is 4.69. The molecule has 4 N–H and O–H groups in total. The quantitative estimate of drug-likeness (QED) is 0.560. The number of nitrogens with one attached hydrogen (secondary N) is 2. The summed E-state index contributed by atoms with van der Waals surface area (Å²) in [6.45, 7) is 5.65. The molecule has 1 saturated heterocycles. The maximum atomic E-state index is 12.4. The molecule has 0 saturated carbocycles. The average molecular weight is 379 g/mol. The topological polar surface area (TPSA) is 130 Å². The number of piperidine rings is 1. The first kappa shape index (κ1) is 20.9. The second kappa shape index (κ2) is 9.50. The van der Waals surface area contributed by atoms with Gasteiger partial charge in [0.2, 0.25) is 5.91 Å². The van der Waals surface area contributed by atoms with Crippen LogP contribution in [0.25, 0.3) is 0 Å². The fraction of sp³-hybridized carbons (Fsp3) is 0.667. The number of aromatic nitrogens is 2. The predicted molar refractivity (Wildman–Crippen MR) is 98.9 cm³/mol. The van der Waals surface area contributed by atoms with Gasteiger partial charge >= 0.3 is 5.97 Å². The number of nitrogens with two attached hydrogens (primary N) is 1. The molecule has 1 aliphatic rings. The number of rotatable bonds is 8. The van der Waals surface area contributed by atoms with Crippen molar-refractivity contribution in [3.8, 4) is 0 Å². The van der Waals surface area contributed by atoms with Crippen molar-refractivity contribution in [3.63, 3.8) is 0 Å². The summed E-state index contributed by atoms with van der Waals surface area (Å²) in [5, 5.41) is 9.58. The molecule has 1 fully saturated rings. The average Bonchev–Trinajstić information content (AvgIpc) is 3.10. The lowest BCUT2D eigenvalue weighted by molar-refractivity contribution is -0.145. The van der Waals surface area contributed by atoms with Gasteiger partial charge in [-0.15, -0.1) is 0 Å². The predicted octanol–water partition coefficient (Wildman–Crippen LogP) is 0.392. The van der Waals surface area contributed by atoms with Gasteiger partial charge in [0.05, 0.1) is 13.7 Å². The Kier molecular flexibility index (Phi) is 7.35. The Bertz CT molecular complexity index is 672. The number of aromatic amines is 1. The Morgan fingerprint density at radius 3 is 2.78 bits per heavy atom. The number of carbonyl (C=O) groups excluding carboxylic acids is 3. The van der Waals surface area contributed by atoms with E-state index in [-0.39, 0.29) is 30.0 Å². The number of methoxy groups -OCH3 is 1. The van der Waals surface area contributed by atoms with Crippen LogP contribution in [0.15, 0.2) is 6.07 Å². The van der Waals surface area contributed by atoms with Crippen molar-refractivity contribution < 1.29 is 19.1 Å². The molecule has 1 aromatic rings. The van der Waals surface area contributed by atoms with E-state index in [0.717, 1.165) is 25.1 Å². The van der Waals surface area contributed by atoms with Crippen molar-refractivity contribution in [3.05, 3.63) is 17.5 Å². The fourth-order valence-electron chi connectivity index (χ4n) is 3.40. The smallest absolute Gasteiger partial charge is 0.328 e. The van der Waals surface area contributed by atoms with Gasteiger partial charge in [-0.2, -0.15) is 5.10 Å². The van der Waals surface area contributed by atoms with Crippen LogP contribution in [0.5, 0.6) is 0 Å². The van der Waals surface area contributed by atoms with Crippen LogP contribution in [-0.4, -0.2) is 65.7 Å². The number of hydrogen-bond donors (Lipinski definition) is 3. The van der Waals surface area contributed by atoms with Crippen molar-refractivity contribution in [2.45, 2.75) is 45.1 Å². The zero-order valence-corrected chi connectivity index (χ0v) is 16.2. The standard InChI is InChI=1S/C18H29N5O4/c1-11(2)7-15(18(26)27-3)20-16(24)10-23-6-4-5-12(9-23)13-8-14(17(19)25)22-21-13/h8,11-12,15H,4-7,9-10H2,1-3H3,(H2,19,25)(H,20,24)(H,21,22). The lowest BCUT2D eigenvalue weighted by atomic mass is 9.94. The molecule has 2 amide bonds. The highest BCUT2D eigenvalue weighted by Crippen LogP contribution is 2.25. The van der Waals surface area contributed by atoms with E-state index in [4.69, 9.17) is 10.5 Å². The monoisotopic (exact) mass is 379 g/mol. The Hall–Kier alpha value is -2.42. The highest BCUT2D eigenvalue weighted by Gasteiger charge is 2.27. The molecule has 0 bridgehead atoms. The van der Waals surface area contributed by atoms with E-state index in [1.165, 1.54) is 7.11 Å². The largest absolute Gasteiger partial charge is 0.467 e. The third-order valence-electron chi connectivity index (χ3n) is 4.69. The molecule has 2 atom stereocenters. The molecule has 2 heterocycles. The van der Waals surface area contributed by atoms with Crippen LogP contribution in [0.4, 0.5) is 0 Å². The normalized spacial score (nSPS) is 18.9. The molecule has 2 rings (SSSR count). The van der Waals surface area contributed by atoms with Gasteiger partial charge < -0.3 is 15.8 Å².